The molecule has 0 aromatic rings. The summed E-state index contributed by atoms with van der Waals surface area (Å²) in [7, 11) is 1.69. The molecule has 68 valence electrons. The number of ether oxygens (including phenoxy) is 2. The summed E-state index contributed by atoms with van der Waals surface area (Å²) in [5, 5.41) is 0. The van der Waals surface area contributed by atoms with Crippen LogP contribution in [0, 0.1) is 12.3 Å². The topological polar surface area (TPSA) is 18.5 Å². The molecule has 0 aromatic carbocycles. The van der Waals surface area contributed by atoms with Crippen LogP contribution in [0.2, 0.25) is 0 Å². The van der Waals surface area contributed by atoms with Crippen LogP contribution in [0.1, 0.15) is 25.7 Å². The molecular weight excluding hydrogens is 152 g/mol. The van der Waals surface area contributed by atoms with Gasteiger partial charge in [-0.05, 0) is 19.3 Å². The molecule has 0 radical (unpaired) electrons. The van der Waals surface area contributed by atoms with E-state index in [1.54, 1.807) is 7.11 Å². The molecule has 1 heterocycles. The fraction of sp³-hybridized carbons (Fsp3) is 0.800. The van der Waals surface area contributed by atoms with E-state index in [0.29, 0.717) is 13.0 Å². The van der Waals surface area contributed by atoms with E-state index in [1.807, 2.05) is 0 Å². The van der Waals surface area contributed by atoms with Crippen molar-refractivity contribution in [2.75, 3.05) is 20.3 Å². The minimum atomic E-state index is -0.179. The van der Waals surface area contributed by atoms with Gasteiger partial charge < -0.3 is 9.47 Å². The first kappa shape index (κ1) is 9.57. The first-order valence-electron chi connectivity index (χ1n) is 4.39. The zero-order valence-electron chi connectivity index (χ0n) is 7.64. The van der Waals surface area contributed by atoms with Gasteiger partial charge >= 0.3 is 0 Å². The summed E-state index contributed by atoms with van der Waals surface area (Å²) < 4.78 is 10.8. The number of rotatable bonds is 3. The summed E-state index contributed by atoms with van der Waals surface area (Å²) in [6, 6.07) is 0. The Balaban J connectivity index is 2.51. The van der Waals surface area contributed by atoms with Gasteiger partial charge in [0.2, 0.25) is 0 Å². The van der Waals surface area contributed by atoms with E-state index < -0.39 is 0 Å². The molecule has 1 aliphatic rings. The van der Waals surface area contributed by atoms with Gasteiger partial charge in [0, 0.05) is 20.1 Å². The van der Waals surface area contributed by atoms with Crippen molar-refractivity contribution in [3.63, 3.8) is 0 Å². The van der Waals surface area contributed by atoms with Crippen molar-refractivity contribution in [1.29, 1.82) is 0 Å². The maximum absolute atomic E-state index is 5.68. The Bertz CT molecular complexity index is 158. The molecule has 0 N–H and O–H groups in total. The van der Waals surface area contributed by atoms with Crippen LogP contribution in [0.5, 0.6) is 0 Å². The molecule has 12 heavy (non-hydrogen) atoms. The average Bonchev–Trinajstić information content (AvgIpc) is 2.07. The third-order valence-corrected chi connectivity index (χ3v) is 2.27. The fourth-order valence-electron chi connectivity index (χ4n) is 1.66. The highest BCUT2D eigenvalue weighted by atomic mass is 16.5. The molecule has 0 amide bonds. The van der Waals surface area contributed by atoms with Crippen LogP contribution in [-0.4, -0.2) is 25.9 Å². The van der Waals surface area contributed by atoms with E-state index in [2.05, 4.69) is 5.92 Å². The number of methoxy groups -OCH3 is 1. The smallest absolute Gasteiger partial charge is 0.102 e. The van der Waals surface area contributed by atoms with Crippen molar-refractivity contribution in [3.8, 4) is 12.3 Å². The van der Waals surface area contributed by atoms with Gasteiger partial charge in [0.05, 0.1) is 6.61 Å². The third-order valence-electron chi connectivity index (χ3n) is 2.27. The first-order chi connectivity index (χ1) is 5.83. The lowest BCUT2D eigenvalue weighted by Gasteiger charge is -2.35. The highest BCUT2D eigenvalue weighted by Gasteiger charge is 2.32. The van der Waals surface area contributed by atoms with Crippen molar-refractivity contribution in [2.24, 2.45) is 0 Å². The molecule has 0 bridgehead atoms. The molecule has 1 rings (SSSR count). The lowest BCUT2D eigenvalue weighted by Crippen LogP contribution is -2.40. The van der Waals surface area contributed by atoms with E-state index in [0.717, 1.165) is 19.4 Å². The van der Waals surface area contributed by atoms with E-state index in [1.165, 1.54) is 6.42 Å². The molecule has 2 nitrogen and oxygen atoms in total. The Kier molecular flexibility index (Phi) is 3.58. The monoisotopic (exact) mass is 168 g/mol. The number of hydrogen-bond donors (Lipinski definition) is 0. The normalized spacial score (nSPS) is 29.7. The second-order valence-electron chi connectivity index (χ2n) is 3.30. The lowest BCUT2D eigenvalue weighted by atomic mass is 9.91. The Morgan fingerprint density at radius 2 is 2.42 bits per heavy atom. The van der Waals surface area contributed by atoms with Crippen LogP contribution in [0.4, 0.5) is 0 Å². The van der Waals surface area contributed by atoms with E-state index in [4.69, 9.17) is 15.9 Å². The van der Waals surface area contributed by atoms with Gasteiger partial charge in [-0.25, -0.2) is 0 Å². The van der Waals surface area contributed by atoms with Crippen molar-refractivity contribution >= 4 is 0 Å². The zero-order valence-corrected chi connectivity index (χ0v) is 7.64. The van der Waals surface area contributed by atoms with Crippen molar-refractivity contribution in [3.05, 3.63) is 0 Å². The first-order valence-corrected chi connectivity index (χ1v) is 4.39. The molecule has 1 fully saturated rings. The Morgan fingerprint density at radius 3 is 2.92 bits per heavy atom. The molecule has 1 atom stereocenters. The second-order valence-corrected chi connectivity index (χ2v) is 3.30. The van der Waals surface area contributed by atoms with Gasteiger partial charge in [0.1, 0.15) is 5.60 Å². The van der Waals surface area contributed by atoms with Crippen LogP contribution in [0.15, 0.2) is 0 Å². The van der Waals surface area contributed by atoms with E-state index in [-0.39, 0.29) is 5.60 Å². The second kappa shape index (κ2) is 4.49. The van der Waals surface area contributed by atoms with Gasteiger partial charge in [-0.1, -0.05) is 0 Å². The summed E-state index contributed by atoms with van der Waals surface area (Å²) in [6.45, 7) is 1.45. The van der Waals surface area contributed by atoms with Crippen molar-refractivity contribution in [1.82, 2.24) is 0 Å². The predicted molar refractivity (Wildman–Crippen MR) is 47.9 cm³/mol. The molecule has 1 saturated heterocycles. The third kappa shape index (κ3) is 2.23. The largest absolute Gasteiger partial charge is 0.382 e. The van der Waals surface area contributed by atoms with Crippen LogP contribution in [0.3, 0.4) is 0 Å². The van der Waals surface area contributed by atoms with Gasteiger partial charge in [-0.2, -0.15) is 0 Å². The highest BCUT2D eigenvalue weighted by molar-refractivity contribution is 4.97. The molecular formula is C10H16O2. The average molecular weight is 168 g/mol. The Hall–Kier alpha value is -0.520. The summed E-state index contributed by atoms with van der Waals surface area (Å²) in [5.41, 5.74) is -0.179. The highest BCUT2D eigenvalue weighted by Crippen LogP contribution is 2.28. The van der Waals surface area contributed by atoms with Crippen LogP contribution >= 0.6 is 0 Å². The van der Waals surface area contributed by atoms with Crippen molar-refractivity contribution < 1.29 is 9.47 Å². The maximum atomic E-state index is 5.68. The Morgan fingerprint density at radius 1 is 1.58 bits per heavy atom. The van der Waals surface area contributed by atoms with Crippen LogP contribution < -0.4 is 0 Å². The van der Waals surface area contributed by atoms with Gasteiger partial charge in [-0.15, -0.1) is 12.3 Å². The predicted octanol–water partition coefficient (Wildman–Crippen LogP) is 1.60. The minimum Gasteiger partial charge on any atom is -0.382 e. The quantitative estimate of drug-likeness (QED) is 0.596. The summed E-state index contributed by atoms with van der Waals surface area (Å²) in [5.74, 6) is 2.66. The summed E-state index contributed by atoms with van der Waals surface area (Å²) >= 11 is 0. The summed E-state index contributed by atoms with van der Waals surface area (Å²) in [6.07, 6.45) is 9.34. The minimum absolute atomic E-state index is 0.179. The molecule has 1 unspecified atom stereocenters. The molecule has 1 aliphatic heterocycles. The molecule has 2 heteroatoms. The van der Waals surface area contributed by atoms with Crippen LogP contribution in [0.25, 0.3) is 0 Å². The number of hydrogen-bond acceptors (Lipinski definition) is 2. The Labute approximate surface area is 74.2 Å². The molecule has 0 aliphatic carbocycles. The zero-order chi connectivity index (χ0) is 8.86. The molecule has 0 spiro atoms. The van der Waals surface area contributed by atoms with E-state index >= 15 is 0 Å². The van der Waals surface area contributed by atoms with Gasteiger partial charge in [-0.3, -0.25) is 0 Å². The van der Waals surface area contributed by atoms with Gasteiger partial charge in [0.15, 0.2) is 0 Å². The maximum Gasteiger partial charge on any atom is 0.102 e. The molecule has 0 aromatic heterocycles. The van der Waals surface area contributed by atoms with Crippen molar-refractivity contribution in [2.45, 2.75) is 31.3 Å². The van der Waals surface area contributed by atoms with E-state index in [9.17, 15) is 0 Å². The molecule has 0 saturated carbocycles. The van der Waals surface area contributed by atoms with Crippen LogP contribution in [-0.2, 0) is 9.47 Å². The summed E-state index contributed by atoms with van der Waals surface area (Å²) in [4.78, 5) is 0. The van der Waals surface area contributed by atoms with Gasteiger partial charge in [0.25, 0.3) is 0 Å². The standard InChI is InChI=1S/C10H16O2/c1-3-6-10(9-11-2)7-4-5-8-12-10/h1H,4-9H2,2H3. The lowest BCUT2D eigenvalue weighted by molar-refractivity contribution is -0.112. The SMILES string of the molecule is C#CCC1(COC)CCCCO1. The number of terminal acetylenes is 1. The fourth-order valence-corrected chi connectivity index (χ4v) is 1.66.